The van der Waals surface area contributed by atoms with Crippen LogP contribution < -0.4 is 10.1 Å². The van der Waals surface area contributed by atoms with Crippen LogP contribution in [-0.4, -0.2) is 25.1 Å². The summed E-state index contributed by atoms with van der Waals surface area (Å²) in [7, 11) is 1.20. The minimum absolute atomic E-state index is 0.261. The lowest BCUT2D eigenvalue weighted by Crippen LogP contribution is -2.42. The van der Waals surface area contributed by atoms with Crippen LogP contribution in [0.1, 0.15) is 24.9 Å². The van der Waals surface area contributed by atoms with Gasteiger partial charge in [0.15, 0.2) is 12.1 Å². The molecule has 5 nitrogen and oxygen atoms in total. The van der Waals surface area contributed by atoms with Crippen LogP contribution in [0.25, 0.3) is 0 Å². The molecule has 2 aromatic rings. The lowest BCUT2D eigenvalue weighted by Gasteiger charge is -2.22. The number of nitrogens with one attached hydrogen (secondary N) is 1. The first-order valence-corrected chi connectivity index (χ1v) is 8.86. The van der Waals surface area contributed by atoms with E-state index in [-0.39, 0.29) is 5.02 Å². The van der Waals surface area contributed by atoms with Crippen molar-refractivity contribution in [2.75, 3.05) is 7.11 Å². The van der Waals surface area contributed by atoms with Gasteiger partial charge < -0.3 is 14.8 Å². The van der Waals surface area contributed by atoms with E-state index in [1.54, 1.807) is 19.1 Å². The first-order chi connectivity index (χ1) is 12.8. The zero-order valence-electron chi connectivity index (χ0n) is 14.7. The van der Waals surface area contributed by atoms with Gasteiger partial charge in [0.1, 0.15) is 11.6 Å². The van der Waals surface area contributed by atoms with E-state index in [2.05, 4.69) is 5.32 Å². The van der Waals surface area contributed by atoms with E-state index in [1.165, 1.54) is 37.4 Å². The minimum Gasteiger partial charge on any atom is -0.479 e. The Kier molecular flexibility index (Phi) is 7.45. The third-order valence-electron chi connectivity index (χ3n) is 3.75. The minimum atomic E-state index is -1.10. The molecule has 0 heterocycles. The summed E-state index contributed by atoms with van der Waals surface area (Å²) >= 11 is 11.9. The lowest BCUT2D eigenvalue weighted by molar-refractivity contribution is -0.146. The van der Waals surface area contributed by atoms with Crippen molar-refractivity contribution in [2.24, 2.45) is 0 Å². The van der Waals surface area contributed by atoms with Crippen molar-refractivity contribution in [3.8, 4) is 5.75 Å². The maximum absolute atomic E-state index is 13.1. The summed E-state index contributed by atoms with van der Waals surface area (Å²) in [6.45, 7) is 1.75. The quantitative estimate of drug-likeness (QED) is 0.686. The first kappa shape index (κ1) is 21.0. The lowest BCUT2D eigenvalue weighted by atomic mass is 10.1. The van der Waals surface area contributed by atoms with E-state index in [0.29, 0.717) is 22.8 Å². The molecule has 2 aromatic carbocycles. The van der Waals surface area contributed by atoms with Gasteiger partial charge in [-0.05, 0) is 42.3 Å². The fourth-order valence-electron chi connectivity index (χ4n) is 2.33. The molecule has 0 saturated heterocycles. The molecule has 0 aromatic heterocycles. The number of ether oxygens (including phenoxy) is 2. The summed E-state index contributed by atoms with van der Waals surface area (Å²) in [5.41, 5.74) is 0.385. The van der Waals surface area contributed by atoms with Crippen molar-refractivity contribution in [2.45, 2.75) is 25.5 Å². The second kappa shape index (κ2) is 9.58. The summed E-state index contributed by atoms with van der Waals surface area (Å²) in [4.78, 5) is 24.7. The van der Waals surface area contributed by atoms with E-state index in [9.17, 15) is 14.0 Å². The van der Waals surface area contributed by atoms with Gasteiger partial charge in [-0.1, -0.05) is 42.3 Å². The highest BCUT2D eigenvalue weighted by Crippen LogP contribution is 2.29. The number of esters is 1. The van der Waals surface area contributed by atoms with Crippen molar-refractivity contribution < 1.29 is 23.5 Å². The van der Waals surface area contributed by atoms with Crippen molar-refractivity contribution in [1.29, 1.82) is 0 Å². The molecule has 2 rings (SSSR count). The van der Waals surface area contributed by atoms with Crippen LogP contribution in [0, 0.1) is 5.82 Å². The Morgan fingerprint density at radius 2 is 1.81 bits per heavy atom. The SMILES string of the molecule is CCC(Oc1ccc(Cl)cc1Cl)C(=O)NC(C(=O)OC)c1ccc(F)cc1. The van der Waals surface area contributed by atoms with Crippen LogP contribution >= 0.6 is 23.2 Å². The van der Waals surface area contributed by atoms with Gasteiger partial charge >= 0.3 is 5.97 Å². The number of rotatable bonds is 7. The molecule has 27 heavy (non-hydrogen) atoms. The van der Waals surface area contributed by atoms with Crippen LogP contribution in [-0.2, 0) is 14.3 Å². The molecular weight excluding hydrogens is 396 g/mol. The third kappa shape index (κ3) is 5.58. The maximum Gasteiger partial charge on any atom is 0.333 e. The molecule has 1 amide bonds. The predicted molar refractivity (Wildman–Crippen MR) is 100 cm³/mol. The summed E-state index contributed by atoms with van der Waals surface area (Å²) in [6.07, 6.45) is -0.585. The predicted octanol–water partition coefficient (Wildman–Crippen LogP) is 4.32. The third-order valence-corrected chi connectivity index (χ3v) is 4.28. The summed E-state index contributed by atoms with van der Waals surface area (Å²) < 4.78 is 23.5. The standard InChI is InChI=1S/C19H18Cl2FNO4/c1-3-15(27-16-9-6-12(20)10-14(16)21)18(24)23-17(19(25)26-2)11-4-7-13(22)8-5-11/h4-10,15,17H,3H2,1-2H3,(H,23,24). The number of halogens is 3. The molecular formula is C19H18Cl2FNO4. The number of carbonyl (C=O) groups excluding carboxylic acids is 2. The number of benzene rings is 2. The molecule has 144 valence electrons. The molecule has 0 aliphatic heterocycles. The van der Waals surface area contributed by atoms with Crippen molar-refractivity contribution in [3.63, 3.8) is 0 Å². The molecule has 0 aliphatic rings. The average Bonchev–Trinajstić information content (AvgIpc) is 2.65. The highest BCUT2D eigenvalue weighted by molar-refractivity contribution is 6.35. The van der Waals surface area contributed by atoms with Crippen LogP contribution in [0.3, 0.4) is 0 Å². The Morgan fingerprint density at radius 1 is 1.15 bits per heavy atom. The van der Waals surface area contributed by atoms with E-state index in [0.717, 1.165) is 0 Å². The zero-order chi connectivity index (χ0) is 20.0. The van der Waals surface area contributed by atoms with E-state index in [1.807, 2.05) is 0 Å². The largest absolute Gasteiger partial charge is 0.479 e. The van der Waals surface area contributed by atoms with Gasteiger partial charge in [-0.3, -0.25) is 4.79 Å². The maximum atomic E-state index is 13.1. The summed E-state index contributed by atoms with van der Waals surface area (Å²) in [5.74, 6) is -1.39. The fraction of sp³-hybridized carbons (Fsp3) is 0.263. The smallest absolute Gasteiger partial charge is 0.333 e. The molecule has 0 fully saturated rings. The average molecular weight is 414 g/mol. The monoisotopic (exact) mass is 413 g/mol. The number of methoxy groups -OCH3 is 1. The van der Waals surface area contributed by atoms with Gasteiger partial charge in [0.05, 0.1) is 12.1 Å². The van der Waals surface area contributed by atoms with E-state index < -0.39 is 29.8 Å². The number of hydrogen-bond acceptors (Lipinski definition) is 4. The Bertz CT molecular complexity index is 814. The number of hydrogen-bond donors (Lipinski definition) is 1. The van der Waals surface area contributed by atoms with Crippen LogP contribution in [0.4, 0.5) is 4.39 Å². The zero-order valence-corrected chi connectivity index (χ0v) is 16.2. The fourth-order valence-corrected chi connectivity index (χ4v) is 2.79. The van der Waals surface area contributed by atoms with E-state index >= 15 is 0 Å². The molecule has 0 radical (unpaired) electrons. The molecule has 0 aliphatic carbocycles. The van der Waals surface area contributed by atoms with Gasteiger partial charge in [-0.15, -0.1) is 0 Å². The molecule has 2 atom stereocenters. The van der Waals surface area contributed by atoms with Gasteiger partial charge in [0.2, 0.25) is 0 Å². The highest BCUT2D eigenvalue weighted by Gasteiger charge is 2.28. The van der Waals surface area contributed by atoms with Crippen molar-refractivity contribution in [3.05, 3.63) is 63.9 Å². The van der Waals surface area contributed by atoms with Gasteiger partial charge in [-0.25, -0.2) is 9.18 Å². The second-order valence-corrected chi connectivity index (χ2v) is 6.45. The Morgan fingerprint density at radius 3 is 2.37 bits per heavy atom. The Hall–Kier alpha value is -2.31. The molecule has 0 spiro atoms. The highest BCUT2D eigenvalue weighted by atomic mass is 35.5. The number of amides is 1. The normalized spacial score (nSPS) is 12.8. The summed E-state index contributed by atoms with van der Waals surface area (Å²) in [6, 6.07) is 8.73. The molecule has 8 heteroatoms. The van der Waals surface area contributed by atoms with Gasteiger partial charge in [-0.2, -0.15) is 0 Å². The van der Waals surface area contributed by atoms with Gasteiger partial charge in [0.25, 0.3) is 5.91 Å². The molecule has 0 saturated carbocycles. The Labute approximate surface area is 166 Å². The van der Waals surface area contributed by atoms with Crippen molar-refractivity contribution >= 4 is 35.1 Å². The topological polar surface area (TPSA) is 64.6 Å². The van der Waals surface area contributed by atoms with Crippen LogP contribution in [0.2, 0.25) is 10.0 Å². The number of carbonyl (C=O) groups is 2. The summed E-state index contributed by atoms with van der Waals surface area (Å²) in [5, 5.41) is 3.27. The van der Waals surface area contributed by atoms with Crippen molar-refractivity contribution in [1.82, 2.24) is 5.32 Å². The van der Waals surface area contributed by atoms with E-state index in [4.69, 9.17) is 32.7 Å². The molecule has 1 N–H and O–H groups in total. The van der Waals surface area contributed by atoms with Gasteiger partial charge in [0, 0.05) is 5.02 Å². The second-order valence-electron chi connectivity index (χ2n) is 5.61. The van der Waals surface area contributed by atoms with Crippen LogP contribution in [0.5, 0.6) is 5.75 Å². The molecule has 0 bridgehead atoms. The first-order valence-electron chi connectivity index (χ1n) is 8.11. The Balaban J connectivity index is 2.18. The van der Waals surface area contributed by atoms with Crippen LogP contribution in [0.15, 0.2) is 42.5 Å². The molecule has 2 unspecified atom stereocenters.